The molecule has 3 heteroatoms. The van der Waals surface area contributed by atoms with Crippen molar-refractivity contribution in [2.24, 2.45) is 4.99 Å². The summed E-state index contributed by atoms with van der Waals surface area (Å²) in [5.74, 6) is 0. The summed E-state index contributed by atoms with van der Waals surface area (Å²) in [6, 6.07) is 2.10. The molecule has 0 spiro atoms. The van der Waals surface area contributed by atoms with Crippen LogP contribution in [0.2, 0.25) is 19.5 Å². The van der Waals surface area contributed by atoms with Gasteiger partial charge in [0.1, 0.15) is 12.8 Å². The van der Waals surface area contributed by atoms with E-state index >= 15 is 0 Å². The van der Waals surface area contributed by atoms with Gasteiger partial charge < -0.3 is 0 Å². The van der Waals surface area contributed by atoms with Crippen molar-refractivity contribution in [1.29, 1.82) is 5.26 Å². The zero-order chi connectivity index (χ0) is 13.3. The lowest BCUT2D eigenvalue weighted by molar-refractivity contribution is 1.04. The van der Waals surface area contributed by atoms with Crippen LogP contribution in [0, 0.1) is 11.3 Å². The van der Waals surface area contributed by atoms with Crippen LogP contribution in [0.3, 0.4) is 0 Å². The molecule has 0 aliphatic carbocycles. The normalized spacial score (nSPS) is 12.8. The molecule has 17 heavy (non-hydrogen) atoms. The van der Waals surface area contributed by atoms with Crippen LogP contribution in [-0.4, -0.2) is 12.4 Å². The molecule has 0 bridgehead atoms. The van der Waals surface area contributed by atoms with E-state index in [-0.39, 0.29) is 0 Å². The molecular formula is C14H23BN2. The van der Waals surface area contributed by atoms with E-state index in [0.717, 1.165) is 24.5 Å². The maximum absolute atomic E-state index is 8.85. The number of nitrogens with zero attached hydrogens (tertiary/aromatic N) is 2. The van der Waals surface area contributed by atoms with Gasteiger partial charge in [0.2, 0.25) is 0 Å². The lowest BCUT2D eigenvalue weighted by Gasteiger charge is -2.06. The minimum Gasteiger partial charge on any atom is -0.262 e. The van der Waals surface area contributed by atoms with Gasteiger partial charge in [0.15, 0.2) is 0 Å². The third-order valence-electron chi connectivity index (χ3n) is 2.85. The van der Waals surface area contributed by atoms with Crippen molar-refractivity contribution in [3.05, 3.63) is 23.9 Å². The third-order valence-corrected chi connectivity index (χ3v) is 2.85. The Bertz CT molecular complexity index is 348. The van der Waals surface area contributed by atoms with Gasteiger partial charge in [-0.05, 0) is 26.3 Å². The summed E-state index contributed by atoms with van der Waals surface area (Å²) in [7, 11) is 0. The van der Waals surface area contributed by atoms with Crippen molar-refractivity contribution >= 4 is 12.4 Å². The Morgan fingerprint density at radius 2 is 2.06 bits per heavy atom. The van der Waals surface area contributed by atoms with Crippen LogP contribution in [0.4, 0.5) is 0 Å². The topological polar surface area (TPSA) is 36.1 Å². The molecule has 0 radical (unpaired) electrons. The SMILES string of the molecule is C=C/C(C#N)=C(/C)N=C(C)CCB(C)CCC. The van der Waals surface area contributed by atoms with Gasteiger partial charge in [0, 0.05) is 5.71 Å². The van der Waals surface area contributed by atoms with E-state index in [9.17, 15) is 0 Å². The van der Waals surface area contributed by atoms with Gasteiger partial charge in [-0.1, -0.05) is 39.4 Å². The fraction of sp³-hybridized carbons (Fsp3) is 0.571. The van der Waals surface area contributed by atoms with Gasteiger partial charge in [-0.3, -0.25) is 4.99 Å². The summed E-state index contributed by atoms with van der Waals surface area (Å²) < 4.78 is 0. The van der Waals surface area contributed by atoms with Gasteiger partial charge in [-0.15, -0.1) is 0 Å². The summed E-state index contributed by atoms with van der Waals surface area (Å²) in [5, 5.41) is 8.85. The molecule has 0 heterocycles. The molecule has 0 saturated carbocycles. The summed E-state index contributed by atoms with van der Waals surface area (Å²) >= 11 is 0. The highest BCUT2D eigenvalue weighted by Crippen LogP contribution is 2.10. The van der Waals surface area contributed by atoms with Gasteiger partial charge in [0.05, 0.1) is 11.3 Å². The fourth-order valence-corrected chi connectivity index (χ4v) is 1.77. The molecule has 92 valence electrons. The van der Waals surface area contributed by atoms with Crippen molar-refractivity contribution in [2.75, 3.05) is 0 Å². The van der Waals surface area contributed by atoms with Crippen LogP contribution in [0.25, 0.3) is 0 Å². The third kappa shape index (κ3) is 6.78. The molecule has 0 atom stereocenters. The summed E-state index contributed by atoms with van der Waals surface area (Å²) in [6.45, 7) is 12.7. The van der Waals surface area contributed by atoms with Gasteiger partial charge in [-0.2, -0.15) is 5.26 Å². The molecule has 0 saturated heterocycles. The van der Waals surface area contributed by atoms with Crippen molar-refractivity contribution in [3.63, 3.8) is 0 Å². The highest BCUT2D eigenvalue weighted by atomic mass is 14.7. The predicted octanol–water partition coefficient (Wildman–Crippen LogP) is 4.36. The van der Waals surface area contributed by atoms with E-state index in [4.69, 9.17) is 5.26 Å². The summed E-state index contributed by atoms with van der Waals surface area (Å²) in [6.07, 6.45) is 6.26. The first kappa shape index (κ1) is 15.7. The standard InChI is InChI=1S/C14H23BN2/c1-6-9-15(5)10-8-12(3)17-13(4)14(7-2)11-16/h7H,2,6,8-10H2,1,3-5H3/b14-13+,17-12?. The first-order valence-corrected chi connectivity index (χ1v) is 6.32. The Hall–Kier alpha value is -1.30. The van der Waals surface area contributed by atoms with Crippen LogP contribution in [0.1, 0.15) is 33.6 Å². The summed E-state index contributed by atoms with van der Waals surface area (Å²) in [4.78, 5) is 4.45. The second-order valence-electron chi connectivity index (χ2n) is 4.59. The monoisotopic (exact) mass is 230 g/mol. The Labute approximate surface area is 106 Å². The number of nitriles is 1. The first-order chi connectivity index (χ1) is 8.04. The molecule has 0 aliphatic rings. The first-order valence-electron chi connectivity index (χ1n) is 6.32. The van der Waals surface area contributed by atoms with E-state index in [1.54, 1.807) is 6.08 Å². The van der Waals surface area contributed by atoms with Crippen LogP contribution >= 0.6 is 0 Å². The Kier molecular flexibility index (Phi) is 8.14. The van der Waals surface area contributed by atoms with Gasteiger partial charge >= 0.3 is 0 Å². The molecule has 0 rings (SSSR count). The minimum absolute atomic E-state index is 0.561. The van der Waals surface area contributed by atoms with Crippen LogP contribution in [0.15, 0.2) is 28.9 Å². The van der Waals surface area contributed by atoms with E-state index in [0.29, 0.717) is 5.57 Å². The van der Waals surface area contributed by atoms with E-state index in [1.165, 1.54) is 19.1 Å². The lowest BCUT2D eigenvalue weighted by atomic mass is 9.46. The molecule has 0 N–H and O–H groups in total. The van der Waals surface area contributed by atoms with Crippen molar-refractivity contribution in [2.45, 2.75) is 53.1 Å². The Morgan fingerprint density at radius 1 is 1.41 bits per heavy atom. The zero-order valence-electron chi connectivity index (χ0n) is 11.6. The molecule has 0 aliphatic heterocycles. The number of hydrogen-bond acceptors (Lipinski definition) is 2. The number of allylic oxidation sites excluding steroid dienone is 3. The molecule has 0 aromatic carbocycles. The zero-order valence-corrected chi connectivity index (χ0v) is 11.6. The van der Waals surface area contributed by atoms with Crippen LogP contribution < -0.4 is 0 Å². The molecular weight excluding hydrogens is 207 g/mol. The minimum atomic E-state index is 0.561. The number of hydrogen-bond donors (Lipinski definition) is 0. The highest BCUT2D eigenvalue weighted by Gasteiger charge is 2.06. The van der Waals surface area contributed by atoms with Gasteiger partial charge in [0.25, 0.3) is 0 Å². The van der Waals surface area contributed by atoms with E-state index in [1.807, 2.05) is 13.8 Å². The van der Waals surface area contributed by atoms with Crippen molar-refractivity contribution < 1.29 is 0 Å². The van der Waals surface area contributed by atoms with Crippen LogP contribution in [0.5, 0.6) is 0 Å². The molecule has 0 aromatic heterocycles. The maximum atomic E-state index is 8.85. The lowest BCUT2D eigenvalue weighted by Crippen LogP contribution is -2.07. The molecule has 0 unspecified atom stereocenters. The molecule has 0 aromatic rings. The van der Waals surface area contributed by atoms with Crippen molar-refractivity contribution in [1.82, 2.24) is 0 Å². The number of aliphatic imine (C=N–C) groups is 1. The second-order valence-corrected chi connectivity index (χ2v) is 4.59. The smallest absolute Gasteiger partial charge is 0.137 e. The quantitative estimate of drug-likeness (QED) is 0.277. The largest absolute Gasteiger partial charge is 0.262 e. The summed E-state index contributed by atoms with van der Waals surface area (Å²) in [5.41, 5.74) is 2.43. The maximum Gasteiger partial charge on any atom is 0.137 e. The highest BCUT2D eigenvalue weighted by molar-refractivity contribution is 6.57. The fourth-order valence-electron chi connectivity index (χ4n) is 1.77. The second kappa shape index (κ2) is 8.81. The van der Waals surface area contributed by atoms with Crippen molar-refractivity contribution in [3.8, 4) is 6.07 Å². The van der Waals surface area contributed by atoms with E-state index in [2.05, 4.69) is 31.4 Å². The number of rotatable bonds is 7. The van der Waals surface area contributed by atoms with Crippen LogP contribution in [-0.2, 0) is 0 Å². The molecule has 0 fully saturated rings. The molecule has 0 amide bonds. The Balaban J connectivity index is 4.41. The van der Waals surface area contributed by atoms with E-state index < -0.39 is 0 Å². The molecule has 2 nitrogen and oxygen atoms in total. The predicted molar refractivity (Wildman–Crippen MR) is 77.8 cm³/mol. The Morgan fingerprint density at radius 3 is 2.53 bits per heavy atom. The average molecular weight is 230 g/mol. The van der Waals surface area contributed by atoms with Gasteiger partial charge in [-0.25, -0.2) is 0 Å². The average Bonchev–Trinajstić information content (AvgIpc) is 2.28.